The van der Waals surface area contributed by atoms with Crippen molar-refractivity contribution in [3.8, 4) is 10.6 Å². The fourth-order valence-corrected chi connectivity index (χ4v) is 5.10. The van der Waals surface area contributed by atoms with Gasteiger partial charge in [0.1, 0.15) is 6.04 Å². The Morgan fingerprint density at radius 1 is 1.28 bits per heavy atom. The van der Waals surface area contributed by atoms with Crippen molar-refractivity contribution in [3.63, 3.8) is 0 Å². The Morgan fingerprint density at radius 2 is 2.06 bits per heavy atom. The molecule has 1 unspecified atom stereocenters. The molecule has 0 bridgehead atoms. The summed E-state index contributed by atoms with van der Waals surface area (Å²) in [6, 6.07) is 6.30. The summed E-state index contributed by atoms with van der Waals surface area (Å²) in [5, 5.41) is 18.6. The lowest BCUT2D eigenvalue weighted by molar-refractivity contribution is -0.384. The zero-order valence-electron chi connectivity index (χ0n) is 16.5. The number of carbonyl (C=O) groups excluding carboxylic acids is 2. The fourth-order valence-electron chi connectivity index (χ4n) is 2.63. The number of carbonyl (C=O) groups is 2. The SMILES string of the molecule is CSCCC(NC(=O)c1cc([N+](=O)[O-])ccc1Cl)C(=O)Nc1nc(-c2ccc(Cl)s2)cs1. The number of nitro groups is 1. The molecule has 168 valence electrons. The molecule has 2 N–H and O–H groups in total. The van der Waals surface area contributed by atoms with E-state index in [4.69, 9.17) is 23.2 Å². The number of hydrogen-bond acceptors (Lipinski definition) is 8. The van der Waals surface area contributed by atoms with E-state index >= 15 is 0 Å². The highest BCUT2D eigenvalue weighted by Crippen LogP contribution is 2.33. The lowest BCUT2D eigenvalue weighted by Crippen LogP contribution is -2.44. The molecule has 0 aliphatic rings. The lowest BCUT2D eigenvalue weighted by Gasteiger charge is -2.17. The molecule has 3 aromatic rings. The van der Waals surface area contributed by atoms with Crippen LogP contribution in [-0.4, -0.2) is 39.8 Å². The number of anilines is 1. The highest BCUT2D eigenvalue weighted by atomic mass is 35.5. The molecule has 0 radical (unpaired) electrons. The summed E-state index contributed by atoms with van der Waals surface area (Å²) in [6.45, 7) is 0. The first-order chi connectivity index (χ1) is 15.3. The molecule has 13 heteroatoms. The molecule has 2 amide bonds. The van der Waals surface area contributed by atoms with Crippen molar-refractivity contribution in [1.29, 1.82) is 0 Å². The molecule has 1 aromatic carbocycles. The number of thiazole rings is 1. The van der Waals surface area contributed by atoms with Crippen LogP contribution in [0.15, 0.2) is 35.7 Å². The summed E-state index contributed by atoms with van der Waals surface area (Å²) in [5.41, 5.74) is 0.345. The topological polar surface area (TPSA) is 114 Å². The van der Waals surface area contributed by atoms with Gasteiger partial charge in [-0.25, -0.2) is 4.98 Å². The first-order valence-corrected chi connectivity index (χ1v) is 12.9. The van der Waals surface area contributed by atoms with E-state index < -0.39 is 22.8 Å². The number of halogens is 2. The van der Waals surface area contributed by atoms with Crippen LogP contribution < -0.4 is 10.6 Å². The maximum atomic E-state index is 12.9. The van der Waals surface area contributed by atoms with Crippen LogP contribution in [0.3, 0.4) is 0 Å². The second-order valence-electron chi connectivity index (χ2n) is 6.36. The summed E-state index contributed by atoms with van der Waals surface area (Å²) in [6.07, 6.45) is 2.23. The van der Waals surface area contributed by atoms with Crippen LogP contribution >= 0.6 is 57.6 Å². The molecule has 3 rings (SSSR count). The predicted octanol–water partition coefficient (Wildman–Crippen LogP) is 5.58. The number of thioether (sulfide) groups is 1. The van der Waals surface area contributed by atoms with Crippen molar-refractivity contribution in [2.24, 2.45) is 0 Å². The number of nitrogens with one attached hydrogen (secondary N) is 2. The van der Waals surface area contributed by atoms with Crippen LogP contribution in [0.25, 0.3) is 10.6 Å². The molecule has 2 heterocycles. The number of nitro benzene ring substituents is 1. The van der Waals surface area contributed by atoms with Crippen LogP contribution in [-0.2, 0) is 4.79 Å². The van der Waals surface area contributed by atoms with Crippen LogP contribution in [0.2, 0.25) is 9.36 Å². The van der Waals surface area contributed by atoms with Gasteiger partial charge in [-0.15, -0.1) is 22.7 Å². The van der Waals surface area contributed by atoms with E-state index in [1.54, 1.807) is 11.4 Å². The third-order valence-electron chi connectivity index (χ3n) is 4.20. The van der Waals surface area contributed by atoms with Gasteiger partial charge in [-0.1, -0.05) is 23.2 Å². The van der Waals surface area contributed by atoms with Crippen LogP contribution in [0.5, 0.6) is 0 Å². The van der Waals surface area contributed by atoms with E-state index in [1.165, 1.54) is 46.6 Å². The van der Waals surface area contributed by atoms with Gasteiger partial charge in [0.15, 0.2) is 5.13 Å². The average molecular weight is 531 g/mol. The van der Waals surface area contributed by atoms with E-state index in [0.29, 0.717) is 27.3 Å². The molecule has 0 fully saturated rings. The van der Waals surface area contributed by atoms with Gasteiger partial charge >= 0.3 is 0 Å². The zero-order chi connectivity index (χ0) is 23.3. The lowest BCUT2D eigenvalue weighted by atomic mass is 10.1. The minimum absolute atomic E-state index is 0.0521. The third kappa shape index (κ3) is 6.20. The minimum Gasteiger partial charge on any atom is -0.340 e. The molecular formula is C19H16Cl2N4O4S3. The van der Waals surface area contributed by atoms with Gasteiger partial charge in [0.25, 0.3) is 11.6 Å². The summed E-state index contributed by atoms with van der Waals surface area (Å²) in [5.74, 6) is -0.509. The van der Waals surface area contributed by atoms with Crippen molar-refractivity contribution in [1.82, 2.24) is 10.3 Å². The Morgan fingerprint density at radius 3 is 2.72 bits per heavy atom. The second kappa shape index (κ2) is 11.1. The highest BCUT2D eigenvalue weighted by molar-refractivity contribution is 7.98. The van der Waals surface area contributed by atoms with Gasteiger partial charge in [-0.3, -0.25) is 19.7 Å². The third-order valence-corrected chi connectivity index (χ3v) is 7.18. The normalized spacial score (nSPS) is 11.7. The number of benzene rings is 1. The molecule has 0 saturated carbocycles. The number of aromatic nitrogens is 1. The van der Waals surface area contributed by atoms with Gasteiger partial charge < -0.3 is 10.6 Å². The van der Waals surface area contributed by atoms with Gasteiger partial charge in [0, 0.05) is 17.5 Å². The monoisotopic (exact) mass is 530 g/mol. The van der Waals surface area contributed by atoms with Crippen molar-refractivity contribution in [3.05, 3.63) is 60.7 Å². The van der Waals surface area contributed by atoms with Crippen LogP contribution in [0.1, 0.15) is 16.8 Å². The van der Waals surface area contributed by atoms with Crippen molar-refractivity contribution in [2.45, 2.75) is 12.5 Å². The molecule has 8 nitrogen and oxygen atoms in total. The quantitative estimate of drug-likeness (QED) is 0.275. The molecule has 32 heavy (non-hydrogen) atoms. The summed E-state index contributed by atoms with van der Waals surface area (Å²) < 4.78 is 0.637. The average Bonchev–Trinajstić information content (AvgIpc) is 3.39. The van der Waals surface area contributed by atoms with E-state index in [0.717, 1.165) is 10.9 Å². The number of thiophene rings is 1. The van der Waals surface area contributed by atoms with E-state index in [9.17, 15) is 19.7 Å². The number of rotatable bonds is 9. The zero-order valence-corrected chi connectivity index (χ0v) is 20.4. The van der Waals surface area contributed by atoms with Gasteiger partial charge in [0.05, 0.1) is 30.4 Å². The predicted molar refractivity (Wildman–Crippen MR) is 131 cm³/mol. The molecular weight excluding hydrogens is 515 g/mol. The first-order valence-electron chi connectivity index (χ1n) is 9.04. The molecule has 1 atom stereocenters. The summed E-state index contributed by atoms with van der Waals surface area (Å²) in [4.78, 5) is 41.3. The summed E-state index contributed by atoms with van der Waals surface area (Å²) in [7, 11) is 0. The van der Waals surface area contributed by atoms with Crippen molar-refractivity contribution < 1.29 is 14.5 Å². The Bertz CT molecular complexity index is 1150. The van der Waals surface area contributed by atoms with E-state index in [2.05, 4.69) is 15.6 Å². The van der Waals surface area contributed by atoms with E-state index in [1.807, 2.05) is 12.3 Å². The molecule has 0 aliphatic heterocycles. The molecule has 0 aliphatic carbocycles. The molecule has 0 saturated heterocycles. The first kappa shape index (κ1) is 24.5. The number of hydrogen-bond donors (Lipinski definition) is 2. The Kier molecular flexibility index (Phi) is 8.49. The Balaban J connectivity index is 1.74. The number of non-ortho nitro benzene ring substituents is 1. The Hall–Kier alpha value is -2.18. The standard InChI is InChI=1S/C19H16Cl2N4O4S3/c1-30-7-6-13(22-17(26)11-8-10(25(28)29)2-3-12(11)20)18(27)24-19-23-14(9-31-19)15-4-5-16(21)32-15/h2-5,8-9,13H,6-7H2,1H3,(H,22,26)(H,23,24,27). The maximum Gasteiger partial charge on any atom is 0.270 e. The highest BCUT2D eigenvalue weighted by Gasteiger charge is 2.24. The fraction of sp³-hybridized carbons (Fsp3) is 0.211. The van der Waals surface area contributed by atoms with Crippen LogP contribution in [0.4, 0.5) is 10.8 Å². The smallest absolute Gasteiger partial charge is 0.270 e. The number of nitrogens with zero attached hydrogens (tertiary/aromatic N) is 2. The summed E-state index contributed by atoms with van der Waals surface area (Å²) >= 11 is 16.2. The molecule has 0 spiro atoms. The van der Waals surface area contributed by atoms with Gasteiger partial charge in [-0.05, 0) is 36.6 Å². The van der Waals surface area contributed by atoms with Gasteiger partial charge in [0.2, 0.25) is 5.91 Å². The minimum atomic E-state index is -0.881. The van der Waals surface area contributed by atoms with Crippen molar-refractivity contribution in [2.75, 3.05) is 17.3 Å². The molecule has 2 aromatic heterocycles. The van der Waals surface area contributed by atoms with Crippen LogP contribution in [0, 0.1) is 10.1 Å². The second-order valence-corrected chi connectivity index (χ2v) is 10.3. The van der Waals surface area contributed by atoms with Gasteiger partial charge in [-0.2, -0.15) is 11.8 Å². The van der Waals surface area contributed by atoms with E-state index in [-0.39, 0.29) is 16.3 Å². The largest absolute Gasteiger partial charge is 0.340 e. The maximum absolute atomic E-state index is 12.9. The number of amides is 2. The Labute approximate surface area is 205 Å². The van der Waals surface area contributed by atoms with Crippen molar-refractivity contribution >= 4 is 80.3 Å².